The fourth-order valence-corrected chi connectivity index (χ4v) is 2.09. The van der Waals surface area contributed by atoms with Gasteiger partial charge in [0.25, 0.3) is 0 Å². The summed E-state index contributed by atoms with van der Waals surface area (Å²) in [5.41, 5.74) is -0.520. The molecule has 1 aromatic heterocycles. The summed E-state index contributed by atoms with van der Waals surface area (Å²) in [4.78, 5) is 19.3. The first-order valence-corrected chi connectivity index (χ1v) is 8.87. The largest absolute Gasteiger partial charge is 0.480 e. The normalized spacial score (nSPS) is 10.3. The van der Waals surface area contributed by atoms with Crippen LogP contribution in [0.4, 0.5) is 9.18 Å². The Morgan fingerprint density at radius 1 is 1.19 bits per heavy atom. The first-order chi connectivity index (χ1) is 12.7. The lowest BCUT2D eigenvalue weighted by atomic mass is 10.2. The van der Waals surface area contributed by atoms with Gasteiger partial charge >= 0.3 is 6.09 Å². The molecule has 0 saturated carbocycles. The molecule has 0 saturated heterocycles. The number of nitrogens with one attached hydrogen (secondary N) is 1. The highest BCUT2D eigenvalue weighted by molar-refractivity contribution is 9.10. The van der Waals surface area contributed by atoms with Gasteiger partial charge in [-0.05, 0) is 48.8 Å². The highest BCUT2D eigenvalue weighted by Crippen LogP contribution is 2.29. The minimum atomic E-state index is -0.520. The van der Waals surface area contributed by atoms with Crippen molar-refractivity contribution in [2.75, 3.05) is 20.3 Å². The zero-order valence-corrected chi connectivity index (χ0v) is 17.2. The van der Waals surface area contributed by atoms with E-state index in [0.29, 0.717) is 22.8 Å². The molecule has 0 radical (unpaired) electrons. The van der Waals surface area contributed by atoms with Crippen LogP contribution in [0.5, 0.6) is 11.8 Å². The summed E-state index contributed by atoms with van der Waals surface area (Å²) in [6.45, 7) is 5.94. The first kappa shape index (κ1) is 22.6. The fraction of sp³-hybridized carbons (Fsp3) is 0.389. The summed E-state index contributed by atoms with van der Waals surface area (Å²) in [6.07, 6.45) is 0.848. The Morgan fingerprint density at radius 3 is 2.33 bits per heavy atom. The molecule has 1 amide bonds. The van der Waals surface area contributed by atoms with Crippen molar-refractivity contribution in [2.45, 2.75) is 26.4 Å². The quantitative estimate of drug-likeness (QED) is 0.703. The van der Waals surface area contributed by atoms with Gasteiger partial charge in [0.1, 0.15) is 28.8 Å². The second kappa shape index (κ2) is 11.3. The minimum absolute atomic E-state index is 0.178. The van der Waals surface area contributed by atoms with Gasteiger partial charge in [0.15, 0.2) is 0 Å². The van der Waals surface area contributed by atoms with Crippen molar-refractivity contribution in [3.63, 3.8) is 0 Å². The third kappa shape index (κ3) is 9.74. The third-order valence-electron chi connectivity index (χ3n) is 2.66. The van der Waals surface area contributed by atoms with Crippen molar-refractivity contribution < 1.29 is 23.4 Å². The number of ether oxygens (including phenoxy) is 3. The number of rotatable bonds is 5. The molecule has 0 spiro atoms. The van der Waals surface area contributed by atoms with Crippen LogP contribution < -0.4 is 14.8 Å². The number of aromatic nitrogens is 2. The van der Waals surface area contributed by atoms with Crippen molar-refractivity contribution in [3.05, 3.63) is 46.9 Å². The van der Waals surface area contributed by atoms with Crippen LogP contribution in [-0.2, 0) is 4.74 Å². The Balaban J connectivity index is 0.000000433. The van der Waals surface area contributed by atoms with E-state index in [9.17, 15) is 9.18 Å². The van der Waals surface area contributed by atoms with E-state index in [1.807, 2.05) is 0 Å². The van der Waals surface area contributed by atoms with E-state index in [2.05, 4.69) is 31.2 Å². The van der Waals surface area contributed by atoms with E-state index in [0.717, 1.165) is 0 Å². The van der Waals surface area contributed by atoms with Crippen molar-refractivity contribution in [3.8, 4) is 11.8 Å². The lowest BCUT2D eigenvalue weighted by Crippen LogP contribution is -2.34. The Morgan fingerprint density at radius 2 is 1.81 bits per heavy atom. The molecule has 1 N–H and O–H groups in total. The Labute approximate surface area is 166 Å². The van der Waals surface area contributed by atoms with Gasteiger partial charge in [0.05, 0.1) is 13.7 Å². The smallest absolute Gasteiger partial charge is 0.407 e. The predicted molar refractivity (Wildman–Crippen MR) is 102 cm³/mol. The summed E-state index contributed by atoms with van der Waals surface area (Å²) in [5.74, 6) is 0.556. The van der Waals surface area contributed by atoms with Gasteiger partial charge in [0.2, 0.25) is 11.8 Å². The number of hydrogen-bond donors (Lipinski definition) is 1. The maximum Gasteiger partial charge on any atom is 0.407 e. The lowest BCUT2D eigenvalue weighted by molar-refractivity contribution is 0.0519. The summed E-state index contributed by atoms with van der Waals surface area (Å²) in [7, 11) is 1.50. The van der Waals surface area contributed by atoms with Gasteiger partial charge in [-0.2, -0.15) is 0 Å². The van der Waals surface area contributed by atoms with Crippen LogP contribution in [0.1, 0.15) is 20.8 Å². The van der Waals surface area contributed by atoms with Crippen molar-refractivity contribution >= 4 is 22.0 Å². The zero-order valence-electron chi connectivity index (χ0n) is 15.7. The molecular weight excluding hydrogens is 421 g/mol. The standard InChI is InChI=1S/C12H18BrN3O4.C6H5F/c1-12(2,3)20-11(17)14-5-6-19-10-8(13)9(18-4)15-7-16-10;7-6-4-2-1-3-5-6/h7H,5-6H2,1-4H3,(H,14,17);1-5H. The fourth-order valence-electron chi connectivity index (χ4n) is 1.61. The van der Waals surface area contributed by atoms with Crippen molar-refractivity contribution in [1.82, 2.24) is 15.3 Å². The molecule has 0 atom stereocenters. The highest BCUT2D eigenvalue weighted by Gasteiger charge is 2.15. The lowest BCUT2D eigenvalue weighted by Gasteiger charge is -2.19. The SMILES string of the molecule is COc1ncnc(OCCNC(=O)OC(C)(C)C)c1Br.Fc1ccccc1. The van der Waals surface area contributed by atoms with Crippen LogP contribution in [-0.4, -0.2) is 41.9 Å². The molecule has 0 fully saturated rings. The Hall–Kier alpha value is -2.42. The molecule has 9 heteroatoms. The molecule has 27 heavy (non-hydrogen) atoms. The number of carbonyl (C=O) groups is 1. The summed E-state index contributed by atoms with van der Waals surface area (Å²) in [6, 6.07) is 7.94. The van der Waals surface area contributed by atoms with Crippen LogP contribution in [0, 0.1) is 5.82 Å². The van der Waals surface area contributed by atoms with Crippen LogP contribution in [0.25, 0.3) is 0 Å². The van der Waals surface area contributed by atoms with Crippen LogP contribution >= 0.6 is 15.9 Å². The van der Waals surface area contributed by atoms with Gasteiger partial charge in [-0.3, -0.25) is 0 Å². The predicted octanol–water partition coefficient (Wildman–Crippen LogP) is 3.98. The maximum absolute atomic E-state index is 11.9. The molecule has 2 rings (SSSR count). The number of methoxy groups -OCH3 is 1. The van der Waals surface area contributed by atoms with Gasteiger partial charge in [-0.25, -0.2) is 19.2 Å². The van der Waals surface area contributed by atoms with E-state index in [1.54, 1.807) is 39.0 Å². The van der Waals surface area contributed by atoms with Gasteiger partial charge in [-0.15, -0.1) is 0 Å². The second-order valence-corrected chi connectivity index (χ2v) is 6.87. The average molecular weight is 444 g/mol. The topological polar surface area (TPSA) is 82.6 Å². The molecule has 0 bridgehead atoms. The number of alkyl carbamates (subject to hydrolysis) is 1. The van der Waals surface area contributed by atoms with Crippen molar-refractivity contribution in [1.29, 1.82) is 0 Å². The number of nitrogens with zero attached hydrogens (tertiary/aromatic N) is 2. The molecule has 0 aliphatic carbocycles. The van der Waals surface area contributed by atoms with Crippen molar-refractivity contribution in [2.24, 2.45) is 0 Å². The van der Waals surface area contributed by atoms with E-state index < -0.39 is 11.7 Å². The number of carbonyl (C=O) groups excluding carboxylic acids is 1. The van der Waals surface area contributed by atoms with Gasteiger partial charge in [0, 0.05) is 0 Å². The Bertz CT molecular complexity index is 711. The van der Waals surface area contributed by atoms with E-state index in [-0.39, 0.29) is 12.4 Å². The summed E-state index contributed by atoms with van der Waals surface area (Å²) >= 11 is 3.28. The molecule has 0 aliphatic heterocycles. The Kier molecular flexibility index (Phi) is 9.49. The first-order valence-electron chi connectivity index (χ1n) is 8.07. The summed E-state index contributed by atoms with van der Waals surface area (Å²) in [5, 5.41) is 2.58. The molecule has 148 valence electrons. The van der Waals surface area contributed by atoms with E-state index in [4.69, 9.17) is 14.2 Å². The second-order valence-electron chi connectivity index (χ2n) is 6.07. The molecule has 1 aromatic carbocycles. The molecule has 0 unspecified atom stereocenters. The molecular formula is C18H23BrFN3O4. The molecule has 2 aromatic rings. The molecule has 0 aliphatic rings. The third-order valence-corrected chi connectivity index (χ3v) is 3.34. The van der Waals surface area contributed by atoms with E-state index in [1.165, 1.54) is 25.6 Å². The zero-order chi connectivity index (χ0) is 20.3. The van der Waals surface area contributed by atoms with Gasteiger partial charge < -0.3 is 19.5 Å². The highest BCUT2D eigenvalue weighted by atomic mass is 79.9. The number of benzene rings is 1. The number of amides is 1. The summed E-state index contributed by atoms with van der Waals surface area (Å²) < 4.78 is 28.0. The number of halogens is 2. The monoisotopic (exact) mass is 443 g/mol. The maximum atomic E-state index is 11.9. The van der Waals surface area contributed by atoms with E-state index >= 15 is 0 Å². The molecule has 1 heterocycles. The molecule has 7 nitrogen and oxygen atoms in total. The minimum Gasteiger partial charge on any atom is -0.480 e. The van der Waals surface area contributed by atoms with Gasteiger partial charge in [-0.1, -0.05) is 18.2 Å². The van der Waals surface area contributed by atoms with Crippen LogP contribution in [0.3, 0.4) is 0 Å². The number of hydrogen-bond acceptors (Lipinski definition) is 6. The van der Waals surface area contributed by atoms with Crippen LogP contribution in [0.15, 0.2) is 41.1 Å². The average Bonchev–Trinajstić information content (AvgIpc) is 2.60. The van der Waals surface area contributed by atoms with Crippen LogP contribution in [0.2, 0.25) is 0 Å².